The molecule has 1 N–H and O–H groups in total. The van der Waals surface area contributed by atoms with Crippen LogP contribution in [-0.2, 0) is 14.3 Å². The van der Waals surface area contributed by atoms with Crippen molar-refractivity contribution in [2.24, 2.45) is 0 Å². The first-order chi connectivity index (χ1) is 12.4. The number of amides is 1. The maximum absolute atomic E-state index is 12.2. The molecule has 0 saturated heterocycles. The summed E-state index contributed by atoms with van der Waals surface area (Å²) in [4.78, 5) is 35.6. The lowest BCUT2D eigenvalue weighted by Crippen LogP contribution is -2.13. The summed E-state index contributed by atoms with van der Waals surface area (Å²) in [7, 11) is 0. The number of ether oxygens (including phenoxy) is 1. The van der Waals surface area contributed by atoms with Crippen molar-refractivity contribution in [3.8, 4) is 0 Å². The second-order valence-corrected chi connectivity index (χ2v) is 6.37. The van der Waals surface area contributed by atoms with E-state index in [2.05, 4.69) is 5.32 Å². The smallest absolute Gasteiger partial charge is 0.331 e. The van der Waals surface area contributed by atoms with E-state index in [4.69, 9.17) is 16.3 Å². The van der Waals surface area contributed by atoms with Gasteiger partial charge in [0.1, 0.15) is 0 Å². The number of carbonyl (C=O) groups excluding carboxylic acids is 3. The van der Waals surface area contributed by atoms with Crippen LogP contribution in [0.25, 0.3) is 6.08 Å². The quantitative estimate of drug-likeness (QED) is 0.494. The van der Waals surface area contributed by atoms with Crippen molar-refractivity contribution >= 4 is 41.0 Å². The van der Waals surface area contributed by atoms with Crippen LogP contribution in [0.15, 0.2) is 48.5 Å². The van der Waals surface area contributed by atoms with Gasteiger partial charge in [0.25, 0.3) is 0 Å². The number of benzene rings is 2. The maximum atomic E-state index is 12.2. The lowest BCUT2D eigenvalue weighted by molar-refractivity contribution is -0.136. The highest BCUT2D eigenvalue weighted by Crippen LogP contribution is 2.32. The second kappa shape index (κ2) is 7.54. The van der Waals surface area contributed by atoms with Gasteiger partial charge in [-0.05, 0) is 54.5 Å². The fourth-order valence-electron chi connectivity index (χ4n) is 2.60. The van der Waals surface area contributed by atoms with Crippen LogP contribution in [0, 0.1) is 0 Å². The first-order valence-corrected chi connectivity index (χ1v) is 8.40. The Morgan fingerprint density at radius 1 is 1.19 bits per heavy atom. The van der Waals surface area contributed by atoms with Crippen LogP contribution in [0.5, 0.6) is 0 Å². The summed E-state index contributed by atoms with van der Waals surface area (Å²) in [5.41, 5.74) is 2.68. The third-order valence-corrected chi connectivity index (χ3v) is 4.37. The zero-order valence-electron chi connectivity index (χ0n) is 14.0. The van der Waals surface area contributed by atoms with Crippen LogP contribution in [0.4, 0.5) is 5.69 Å². The fourth-order valence-corrected chi connectivity index (χ4v) is 2.72. The molecule has 2 aromatic carbocycles. The number of carbonyl (C=O) groups is 3. The van der Waals surface area contributed by atoms with Gasteiger partial charge in [-0.3, -0.25) is 9.59 Å². The van der Waals surface area contributed by atoms with Gasteiger partial charge in [0.2, 0.25) is 5.91 Å². The minimum atomic E-state index is -0.611. The number of esters is 1. The molecule has 1 heterocycles. The summed E-state index contributed by atoms with van der Waals surface area (Å²) in [6, 6.07) is 11.9. The van der Waals surface area contributed by atoms with Gasteiger partial charge in [0, 0.05) is 22.3 Å². The minimum Gasteiger partial charge on any atom is -0.454 e. The largest absolute Gasteiger partial charge is 0.454 e. The third-order valence-electron chi connectivity index (χ3n) is 4.12. The van der Waals surface area contributed by atoms with Gasteiger partial charge in [0.05, 0.1) is 5.92 Å². The van der Waals surface area contributed by atoms with Crippen molar-refractivity contribution < 1.29 is 19.1 Å². The molecule has 0 saturated carbocycles. The Hall–Kier alpha value is -2.92. The highest BCUT2D eigenvalue weighted by Gasteiger charge is 2.27. The number of nitrogens with one attached hydrogen (secondary N) is 1. The number of hydrogen-bond acceptors (Lipinski definition) is 4. The number of rotatable bonds is 5. The van der Waals surface area contributed by atoms with Crippen LogP contribution in [0.2, 0.25) is 5.02 Å². The molecule has 3 rings (SSSR count). The molecule has 0 bridgehead atoms. The molecule has 0 aliphatic carbocycles. The molecule has 2 aromatic rings. The molecule has 0 radical (unpaired) electrons. The van der Waals surface area contributed by atoms with E-state index >= 15 is 0 Å². The molecule has 0 unspecified atom stereocenters. The average Bonchev–Trinajstić information content (AvgIpc) is 2.93. The van der Waals surface area contributed by atoms with E-state index < -0.39 is 5.97 Å². The SMILES string of the molecule is C[C@H]1C(=O)Nc2ccc(C(=O)COC(=O)/C=C/c3ccc(Cl)cc3)cc21. The van der Waals surface area contributed by atoms with Gasteiger partial charge in [-0.15, -0.1) is 0 Å². The van der Waals surface area contributed by atoms with Gasteiger partial charge < -0.3 is 10.1 Å². The summed E-state index contributed by atoms with van der Waals surface area (Å²) in [6.07, 6.45) is 2.83. The zero-order valence-corrected chi connectivity index (χ0v) is 14.7. The highest BCUT2D eigenvalue weighted by molar-refractivity contribution is 6.30. The minimum absolute atomic E-state index is 0.0941. The number of halogens is 1. The summed E-state index contributed by atoms with van der Waals surface area (Å²) >= 11 is 5.79. The third kappa shape index (κ3) is 4.00. The molecule has 1 aliphatic heterocycles. The van der Waals surface area contributed by atoms with Crippen molar-refractivity contribution in [3.05, 3.63) is 70.3 Å². The van der Waals surface area contributed by atoms with Crippen LogP contribution < -0.4 is 5.32 Å². The summed E-state index contributed by atoms with van der Waals surface area (Å²) in [5.74, 6) is -1.33. The van der Waals surface area contributed by atoms with Crippen molar-refractivity contribution in [1.82, 2.24) is 0 Å². The number of hydrogen-bond donors (Lipinski definition) is 1. The van der Waals surface area contributed by atoms with Gasteiger partial charge in [-0.1, -0.05) is 23.7 Å². The van der Waals surface area contributed by atoms with Crippen LogP contribution in [0.1, 0.15) is 34.3 Å². The summed E-state index contributed by atoms with van der Waals surface area (Å²) < 4.78 is 4.99. The molecule has 1 atom stereocenters. The Kier molecular flexibility index (Phi) is 5.19. The van der Waals surface area contributed by atoms with E-state index in [1.807, 2.05) is 0 Å². The van der Waals surface area contributed by atoms with E-state index in [-0.39, 0.29) is 24.2 Å². The average molecular weight is 370 g/mol. The number of Topliss-reactive ketones (excluding diaryl/α,β-unsaturated/α-hetero) is 1. The first-order valence-electron chi connectivity index (χ1n) is 8.02. The molecule has 132 valence electrons. The zero-order chi connectivity index (χ0) is 18.7. The predicted molar refractivity (Wildman–Crippen MR) is 99.3 cm³/mol. The van der Waals surface area contributed by atoms with Gasteiger partial charge >= 0.3 is 5.97 Å². The molecule has 1 aliphatic rings. The van der Waals surface area contributed by atoms with E-state index in [0.29, 0.717) is 16.3 Å². The summed E-state index contributed by atoms with van der Waals surface area (Å²) in [5, 5.41) is 3.35. The molecule has 0 aromatic heterocycles. The number of fused-ring (bicyclic) bond motifs is 1. The summed E-state index contributed by atoms with van der Waals surface area (Å²) in [6.45, 7) is 1.41. The van der Waals surface area contributed by atoms with Gasteiger partial charge in [0.15, 0.2) is 12.4 Å². The predicted octanol–water partition coefficient (Wildman–Crippen LogP) is 3.83. The molecule has 1 amide bonds. The van der Waals surface area contributed by atoms with Crippen molar-refractivity contribution in [2.45, 2.75) is 12.8 Å². The van der Waals surface area contributed by atoms with E-state index in [1.54, 1.807) is 55.5 Å². The van der Waals surface area contributed by atoms with E-state index in [1.165, 1.54) is 6.08 Å². The Morgan fingerprint density at radius 3 is 2.65 bits per heavy atom. The van der Waals surface area contributed by atoms with E-state index in [9.17, 15) is 14.4 Å². The fraction of sp³-hybridized carbons (Fsp3) is 0.150. The van der Waals surface area contributed by atoms with Gasteiger partial charge in [-0.2, -0.15) is 0 Å². The molecular weight excluding hydrogens is 354 g/mol. The second-order valence-electron chi connectivity index (χ2n) is 5.93. The Bertz CT molecular complexity index is 903. The Labute approximate surface area is 155 Å². The first kappa shape index (κ1) is 17.9. The van der Waals surface area contributed by atoms with Crippen molar-refractivity contribution in [3.63, 3.8) is 0 Å². The van der Waals surface area contributed by atoms with E-state index in [0.717, 1.165) is 11.1 Å². The Balaban J connectivity index is 1.58. The van der Waals surface area contributed by atoms with Gasteiger partial charge in [-0.25, -0.2) is 4.79 Å². The van der Waals surface area contributed by atoms with Crippen LogP contribution >= 0.6 is 11.6 Å². The van der Waals surface area contributed by atoms with Crippen molar-refractivity contribution in [1.29, 1.82) is 0 Å². The Morgan fingerprint density at radius 2 is 1.92 bits per heavy atom. The topological polar surface area (TPSA) is 72.5 Å². The lowest BCUT2D eigenvalue weighted by Gasteiger charge is -2.06. The normalized spacial score (nSPS) is 15.6. The van der Waals surface area contributed by atoms with Crippen molar-refractivity contribution in [2.75, 3.05) is 11.9 Å². The number of anilines is 1. The van der Waals surface area contributed by atoms with Crippen LogP contribution in [0.3, 0.4) is 0 Å². The standard InChI is InChI=1S/C20H16ClNO4/c1-12-16-10-14(5-8-17(16)22-20(12)25)18(23)11-26-19(24)9-4-13-2-6-15(21)7-3-13/h2-10,12H,11H2,1H3,(H,22,25)/b9-4+/t12-/m1/s1. The highest BCUT2D eigenvalue weighted by atomic mass is 35.5. The molecule has 26 heavy (non-hydrogen) atoms. The maximum Gasteiger partial charge on any atom is 0.331 e. The van der Waals surface area contributed by atoms with Crippen LogP contribution in [-0.4, -0.2) is 24.3 Å². The molecule has 6 heteroatoms. The number of ketones is 1. The molecule has 0 spiro atoms. The molecule has 5 nitrogen and oxygen atoms in total. The molecular formula is C20H16ClNO4. The monoisotopic (exact) mass is 369 g/mol. The lowest BCUT2D eigenvalue weighted by atomic mass is 9.99. The molecule has 0 fully saturated rings.